The molecule has 1 unspecified atom stereocenters. The van der Waals surface area contributed by atoms with E-state index in [1.54, 1.807) is 0 Å². The van der Waals surface area contributed by atoms with Gasteiger partial charge >= 0.3 is 5.97 Å². The number of H-pyrrole nitrogens is 1. The van der Waals surface area contributed by atoms with Crippen LogP contribution in [0.15, 0.2) is 18.5 Å². The smallest absolute Gasteiger partial charge is 0.316 e. The van der Waals surface area contributed by atoms with E-state index in [9.17, 15) is 4.79 Å². The molecule has 1 heterocycles. The molecule has 14 heavy (non-hydrogen) atoms. The van der Waals surface area contributed by atoms with Gasteiger partial charge in [-0.2, -0.15) is 0 Å². The summed E-state index contributed by atoms with van der Waals surface area (Å²) in [6.07, 6.45) is 4.59. The molecule has 1 aliphatic rings. The van der Waals surface area contributed by atoms with Crippen molar-refractivity contribution < 1.29 is 9.53 Å². The number of carbonyl (C=O) groups excluding carboxylic acids is 1. The Balaban J connectivity index is 2.41. The summed E-state index contributed by atoms with van der Waals surface area (Å²) in [4.78, 5) is 14.8. The van der Waals surface area contributed by atoms with E-state index in [1.165, 1.54) is 7.11 Å². The minimum Gasteiger partial charge on any atom is -0.468 e. The fourth-order valence-corrected chi connectivity index (χ4v) is 2.34. The molecule has 2 rings (SSSR count). The highest BCUT2D eigenvalue weighted by Gasteiger charge is 2.68. The van der Waals surface area contributed by atoms with Crippen LogP contribution in [0.4, 0.5) is 0 Å². The fraction of sp³-hybridized carbons (Fsp3) is 0.545. The van der Waals surface area contributed by atoms with Gasteiger partial charge < -0.3 is 9.72 Å². The van der Waals surface area contributed by atoms with Crippen LogP contribution in [-0.2, 0) is 14.9 Å². The third kappa shape index (κ3) is 0.953. The maximum Gasteiger partial charge on any atom is 0.316 e. The fourth-order valence-electron chi connectivity index (χ4n) is 2.34. The SMILES string of the molecule is COC(=O)C1(c2cc[nH]c2)CC1(C)C. The molecule has 0 spiro atoms. The number of carbonyl (C=O) groups is 1. The average molecular weight is 193 g/mol. The molecule has 3 nitrogen and oxygen atoms in total. The quantitative estimate of drug-likeness (QED) is 0.728. The van der Waals surface area contributed by atoms with Crippen molar-refractivity contribution in [2.75, 3.05) is 7.11 Å². The molecular formula is C11H15NO2. The molecule has 76 valence electrons. The standard InChI is InChI=1S/C11H15NO2/c1-10(2)7-11(10,9(13)14-3)8-4-5-12-6-8/h4-6,12H,7H2,1-3H3. The second-order valence-electron chi connectivity index (χ2n) is 4.56. The topological polar surface area (TPSA) is 42.1 Å². The molecule has 1 N–H and O–H groups in total. The first-order chi connectivity index (χ1) is 6.54. The van der Waals surface area contributed by atoms with E-state index >= 15 is 0 Å². The monoisotopic (exact) mass is 193 g/mol. The molecule has 0 amide bonds. The predicted octanol–water partition coefficient (Wildman–Crippen LogP) is 1.86. The van der Waals surface area contributed by atoms with E-state index in [2.05, 4.69) is 18.8 Å². The van der Waals surface area contributed by atoms with E-state index in [0.29, 0.717) is 0 Å². The van der Waals surface area contributed by atoms with Crippen molar-refractivity contribution in [3.05, 3.63) is 24.0 Å². The van der Waals surface area contributed by atoms with Gasteiger partial charge in [0.05, 0.1) is 12.5 Å². The normalized spacial score (nSPS) is 28.5. The van der Waals surface area contributed by atoms with E-state index in [-0.39, 0.29) is 11.4 Å². The van der Waals surface area contributed by atoms with Crippen LogP contribution >= 0.6 is 0 Å². The molecule has 1 aromatic heterocycles. The van der Waals surface area contributed by atoms with Gasteiger partial charge in [0.2, 0.25) is 0 Å². The summed E-state index contributed by atoms with van der Waals surface area (Å²) in [7, 11) is 1.45. The second kappa shape index (κ2) is 2.62. The van der Waals surface area contributed by atoms with Crippen molar-refractivity contribution in [1.82, 2.24) is 4.98 Å². The van der Waals surface area contributed by atoms with Gasteiger partial charge in [-0.1, -0.05) is 13.8 Å². The van der Waals surface area contributed by atoms with Gasteiger partial charge in [-0.25, -0.2) is 0 Å². The summed E-state index contributed by atoms with van der Waals surface area (Å²) in [6.45, 7) is 4.19. The first-order valence-corrected chi connectivity index (χ1v) is 4.76. The summed E-state index contributed by atoms with van der Waals surface area (Å²) in [6, 6.07) is 1.95. The molecule has 1 fully saturated rings. The van der Waals surface area contributed by atoms with Crippen LogP contribution in [0.2, 0.25) is 0 Å². The third-order valence-corrected chi connectivity index (χ3v) is 3.36. The highest BCUT2D eigenvalue weighted by molar-refractivity contribution is 5.88. The Morgan fingerprint density at radius 2 is 2.21 bits per heavy atom. The molecule has 3 heteroatoms. The molecule has 0 aromatic carbocycles. The van der Waals surface area contributed by atoms with Crippen LogP contribution in [0.1, 0.15) is 25.8 Å². The van der Waals surface area contributed by atoms with E-state index in [0.717, 1.165) is 12.0 Å². The van der Waals surface area contributed by atoms with Crippen LogP contribution in [0, 0.1) is 5.41 Å². The lowest BCUT2D eigenvalue weighted by Gasteiger charge is -2.16. The number of aromatic nitrogens is 1. The van der Waals surface area contributed by atoms with Gasteiger partial charge in [-0.3, -0.25) is 4.79 Å². The maximum absolute atomic E-state index is 11.8. The first-order valence-electron chi connectivity index (χ1n) is 4.76. The summed E-state index contributed by atoms with van der Waals surface area (Å²) < 4.78 is 4.88. The lowest BCUT2D eigenvalue weighted by molar-refractivity contribution is -0.144. The van der Waals surface area contributed by atoms with Gasteiger partial charge in [0, 0.05) is 12.4 Å². The second-order valence-corrected chi connectivity index (χ2v) is 4.56. The average Bonchev–Trinajstić information content (AvgIpc) is 2.59. The Bertz CT molecular complexity index is 353. The number of hydrogen-bond acceptors (Lipinski definition) is 2. The Kier molecular flexibility index (Phi) is 1.74. The summed E-state index contributed by atoms with van der Waals surface area (Å²) >= 11 is 0. The number of aromatic amines is 1. The summed E-state index contributed by atoms with van der Waals surface area (Å²) in [5, 5.41) is 0. The predicted molar refractivity (Wildman–Crippen MR) is 52.9 cm³/mol. The first kappa shape index (κ1) is 9.31. The molecule has 1 aliphatic carbocycles. The minimum absolute atomic E-state index is 0.0162. The molecule has 0 aliphatic heterocycles. The van der Waals surface area contributed by atoms with Gasteiger partial charge in [-0.15, -0.1) is 0 Å². The summed E-state index contributed by atoms with van der Waals surface area (Å²) in [5.41, 5.74) is 0.638. The zero-order valence-corrected chi connectivity index (χ0v) is 8.76. The molecule has 0 saturated heterocycles. The third-order valence-electron chi connectivity index (χ3n) is 3.36. The van der Waals surface area contributed by atoms with Gasteiger partial charge in [0.15, 0.2) is 0 Å². The number of rotatable bonds is 2. The molecular weight excluding hydrogens is 178 g/mol. The van der Waals surface area contributed by atoms with Gasteiger partial charge in [0.25, 0.3) is 0 Å². The zero-order chi connectivity index (χ0) is 10.4. The van der Waals surface area contributed by atoms with E-state index in [4.69, 9.17) is 4.74 Å². The van der Waals surface area contributed by atoms with Crippen molar-refractivity contribution in [3.8, 4) is 0 Å². The lowest BCUT2D eigenvalue weighted by atomic mass is 9.90. The molecule has 1 atom stereocenters. The lowest BCUT2D eigenvalue weighted by Crippen LogP contribution is -2.26. The van der Waals surface area contributed by atoms with Crippen molar-refractivity contribution in [2.45, 2.75) is 25.7 Å². The maximum atomic E-state index is 11.8. The number of nitrogens with one attached hydrogen (secondary N) is 1. The van der Waals surface area contributed by atoms with Crippen LogP contribution in [0.25, 0.3) is 0 Å². The Hall–Kier alpha value is -1.25. The van der Waals surface area contributed by atoms with Crippen LogP contribution in [0.5, 0.6) is 0 Å². The van der Waals surface area contributed by atoms with Gasteiger partial charge in [-0.05, 0) is 23.5 Å². The van der Waals surface area contributed by atoms with Crippen molar-refractivity contribution >= 4 is 5.97 Å². The molecule has 0 radical (unpaired) electrons. The molecule has 1 aromatic rings. The van der Waals surface area contributed by atoms with E-state index in [1.807, 2.05) is 18.5 Å². The Labute approximate surface area is 83.5 Å². The Morgan fingerprint density at radius 1 is 1.57 bits per heavy atom. The highest BCUT2D eigenvalue weighted by atomic mass is 16.5. The highest BCUT2D eigenvalue weighted by Crippen LogP contribution is 2.64. The van der Waals surface area contributed by atoms with Gasteiger partial charge in [0.1, 0.15) is 0 Å². The van der Waals surface area contributed by atoms with Crippen molar-refractivity contribution in [2.24, 2.45) is 5.41 Å². The minimum atomic E-state index is -0.415. The number of hydrogen-bond donors (Lipinski definition) is 1. The molecule has 1 saturated carbocycles. The Morgan fingerprint density at radius 3 is 2.57 bits per heavy atom. The van der Waals surface area contributed by atoms with Crippen LogP contribution in [0.3, 0.4) is 0 Å². The van der Waals surface area contributed by atoms with E-state index < -0.39 is 5.41 Å². The number of ether oxygens (including phenoxy) is 1. The largest absolute Gasteiger partial charge is 0.468 e. The van der Waals surface area contributed by atoms with Crippen LogP contribution in [-0.4, -0.2) is 18.1 Å². The summed E-state index contributed by atoms with van der Waals surface area (Å²) in [5.74, 6) is -0.123. The zero-order valence-electron chi connectivity index (χ0n) is 8.76. The van der Waals surface area contributed by atoms with Crippen molar-refractivity contribution in [3.63, 3.8) is 0 Å². The molecule has 0 bridgehead atoms. The van der Waals surface area contributed by atoms with Crippen LogP contribution < -0.4 is 0 Å². The number of esters is 1. The van der Waals surface area contributed by atoms with Crippen molar-refractivity contribution in [1.29, 1.82) is 0 Å². The number of methoxy groups -OCH3 is 1.